The van der Waals surface area contributed by atoms with E-state index in [-0.39, 0.29) is 11.3 Å². The van der Waals surface area contributed by atoms with E-state index in [1.807, 2.05) is 166 Å². The molecule has 0 aliphatic heterocycles. The molecule has 0 atom stereocenters. The first-order chi connectivity index (χ1) is 42.5. The van der Waals surface area contributed by atoms with Gasteiger partial charge in [-0.2, -0.15) is 0 Å². The monoisotopic (exact) mass is 1190 g/mol. The smallest absolute Gasteiger partial charge is 0.408 e. The molecular formula is C68H69FN12O7. The summed E-state index contributed by atoms with van der Waals surface area (Å²) < 4.78 is 30.5. The Morgan fingerprint density at radius 1 is 0.568 bits per heavy atom. The minimum atomic E-state index is -1.01. The number of aromatic nitrogens is 8. The number of Topliss-reactive ketones (excluding diaryl/α,β-unsaturated/α-hetero) is 1. The molecule has 4 aromatic carbocycles. The zero-order valence-corrected chi connectivity index (χ0v) is 50.0. The predicted molar refractivity (Wildman–Crippen MR) is 338 cm³/mol. The first-order valence-corrected chi connectivity index (χ1v) is 28.7. The molecule has 10 aromatic rings. The number of hydrogen-bond acceptors (Lipinski definition) is 14. The number of carboxylic acid groups (broad SMARTS) is 1. The number of amides is 2. The van der Waals surface area contributed by atoms with Crippen LogP contribution in [0.1, 0.15) is 120 Å². The van der Waals surface area contributed by atoms with E-state index in [9.17, 15) is 28.7 Å². The van der Waals surface area contributed by atoms with Gasteiger partial charge in [-0.3, -0.25) is 18.3 Å². The van der Waals surface area contributed by atoms with Crippen LogP contribution in [0.25, 0.3) is 79.0 Å². The number of aromatic carboxylic acids is 1. The lowest BCUT2D eigenvalue weighted by Gasteiger charge is -2.43. The fourth-order valence-electron chi connectivity index (χ4n) is 10.9. The van der Waals surface area contributed by atoms with Crippen LogP contribution in [0, 0.1) is 0 Å². The van der Waals surface area contributed by atoms with Gasteiger partial charge in [0.15, 0.2) is 28.7 Å². The Kier molecular flexibility index (Phi) is 16.6. The van der Waals surface area contributed by atoms with Crippen molar-refractivity contribution in [1.29, 1.82) is 0 Å². The molecule has 0 bridgehead atoms. The zero-order chi connectivity index (χ0) is 63.4. The lowest BCUT2D eigenvalue weighted by molar-refractivity contribution is 0.0365. The van der Waals surface area contributed by atoms with E-state index in [1.54, 1.807) is 49.6 Å². The van der Waals surface area contributed by atoms with Gasteiger partial charge >= 0.3 is 18.2 Å². The van der Waals surface area contributed by atoms with Gasteiger partial charge in [-0.25, -0.2) is 44.3 Å². The number of alkyl halides is 1. The fraction of sp³-hybridized carbons (Fsp3) is 0.265. The maximum absolute atomic E-state index is 12.7. The highest BCUT2D eigenvalue weighted by molar-refractivity contribution is 5.95. The van der Waals surface area contributed by atoms with Gasteiger partial charge in [0.05, 0.1) is 47.7 Å². The average Bonchev–Trinajstić information content (AvgIpc) is 1.90. The molecule has 0 saturated heterocycles. The Morgan fingerprint density at radius 3 is 1.32 bits per heavy atom. The Balaban J connectivity index is 0.000000188. The lowest BCUT2D eigenvalue weighted by Crippen LogP contribution is -2.52. The highest BCUT2D eigenvalue weighted by Crippen LogP contribution is 2.44. The summed E-state index contributed by atoms with van der Waals surface area (Å²) >= 11 is 0. The van der Waals surface area contributed by atoms with Crippen LogP contribution in [-0.4, -0.2) is 86.4 Å². The number of nitrogen functional groups attached to an aromatic ring is 2. The molecule has 6 aromatic heterocycles. The Labute approximate surface area is 509 Å². The molecule has 12 rings (SSSR count). The van der Waals surface area contributed by atoms with Crippen LogP contribution in [0.4, 0.5) is 25.6 Å². The maximum Gasteiger partial charge on any atom is 0.408 e. The molecule has 0 unspecified atom stereocenters. The lowest BCUT2D eigenvalue weighted by atomic mass is 9.72. The number of carbonyl (C=O) groups is 4. The van der Waals surface area contributed by atoms with E-state index in [0.717, 1.165) is 66.6 Å². The van der Waals surface area contributed by atoms with Crippen LogP contribution in [-0.2, 0) is 20.6 Å². The number of hydrogen-bond donors (Lipinski definition) is 5. The summed E-state index contributed by atoms with van der Waals surface area (Å²) in [6.07, 6.45) is 7.75. The van der Waals surface area contributed by atoms with E-state index in [0.29, 0.717) is 79.3 Å². The van der Waals surface area contributed by atoms with Crippen LogP contribution in [0.15, 0.2) is 158 Å². The summed E-state index contributed by atoms with van der Waals surface area (Å²) in [7, 11) is -1.00. The normalized spacial score (nSPS) is 14.1. The second-order valence-electron chi connectivity index (χ2n) is 23.7. The SMILES string of the molecule is CC(=O)c1cccc(-c2ccc3nc(-c4cccnc4N)n(-c4ccc(C5(NC(=O)OC(C)(C)C)CCC5)cc4)c3n2)c1.CC(C)(C)OC(=O)NC1(c2ccc(-n3c(-c4cccnc4N)nc4ccc(-c5cccc(C(=O)O)c5)nc43)cc2)CCC1.[2H]CF. The summed E-state index contributed by atoms with van der Waals surface area (Å²) in [5.74, 6) is 0.865. The van der Waals surface area contributed by atoms with Crippen molar-refractivity contribution in [3.63, 3.8) is 0 Å². The van der Waals surface area contributed by atoms with Crippen molar-refractivity contribution < 1.29 is 39.5 Å². The summed E-state index contributed by atoms with van der Waals surface area (Å²) in [4.78, 5) is 77.3. The van der Waals surface area contributed by atoms with Gasteiger partial charge in [0.1, 0.15) is 33.9 Å². The van der Waals surface area contributed by atoms with Crippen molar-refractivity contribution >= 4 is 57.9 Å². The summed E-state index contributed by atoms with van der Waals surface area (Å²) in [5, 5.41) is 15.7. The molecule has 450 valence electrons. The minimum Gasteiger partial charge on any atom is -0.478 e. The van der Waals surface area contributed by atoms with E-state index in [1.165, 1.54) is 0 Å². The number of rotatable bonds is 12. The predicted octanol–water partition coefficient (Wildman–Crippen LogP) is 13.8. The number of alkyl carbamates (subject to hydrolysis) is 2. The van der Waals surface area contributed by atoms with E-state index in [4.69, 9.17) is 42.2 Å². The molecule has 2 fully saturated rings. The van der Waals surface area contributed by atoms with Crippen molar-refractivity contribution in [2.45, 2.75) is 109 Å². The second kappa shape index (κ2) is 24.5. The molecule has 19 nitrogen and oxygen atoms in total. The van der Waals surface area contributed by atoms with Gasteiger partial charge in [0.25, 0.3) is 0 Å². The van der Waals surface area contributed by atoms with Gasteiger partial charge in [-0.1, -0.05) is 54.6 Å². The van der Waals surface area contributed by atoms with Crippen LogP contribution in [0.2, 0.25) is 0 Å². The largest absolute Gasteiger partial charge is 0.478 e. The first kappa shape index (κ1) is 59.4. The molecule has 2 aliphatic carbocycles. The minimum absolute atomic E-state index is 0.00667. The van der Waals surface area contributed by atoms with Gasteiger partial charge in [-0.15, -0.1) is 0 Å². The van der Waals surface area contributed by atoms with Crippen molar-refractivity contribution in [3.8, 4) is 56.7 Å². The van der Waals surface area contributed by atoms with Crippen LogP contribution >= 0.6 is 0 Å². The van der Waals surface area contributed by atoms with Crippen LogP contribution < -0.4 is 22.1 Å². The van der Waals surface area contributed by atoms with E-state index < -0.39 is 47.6 Å². The van der Waals surface area contributed by atoms with Crippen molar-refractivity contribution in [2.75, 3.05) is 18.6 Å². The van der Waals surface area contributed by atoms with Crippen molar-refractivity contribution in [2.24, 2.45) is 0 Å². The number of nitrogens with one attached hydrogen (secondary N) is 2. The second-order valence-corrected chi connectivity index (χ2v) is 23.7. The van der Waals surface area contributed by atoms with Crippen molar-refractivity contribution in [1.82, 2.24) is 49.7 Å². The van der Waals surface area contributed by atoms with E-state index in [2.05, 4.69) is 20.6 Å². The number of ketones is 1. The number of nitrogens with two attached hydrogens (primary N) is 2. The molecule has 6 heterocycles. The number of ether oxygens (including phenoxy) is 2. The number of fused-ring (bicyclic) bond motifs is 2. The fourth-order valence-corrected chi connectivity index (χ4v) is 10.9. The van der Waals surface area contributed by atoms with Crippen LogP contribution in [0.3, 0.4) is 0 Å². The molecular weight excluding hydrogens is 1120 g/mol. The quantitative estimate of drug-likeness (QED) is 0.0712. The average molecular weight is 1190 g/mol. The van der Waals surface area contributed by atoms with Crippen LogP contribution in [0.5, 0.6) is 0 Å². The Morgan fingerprint density at radius 2 is 0.966 bits per heavy atom. The molecule has 20 heteroatoms. The Hall–Kier alpha value is -10.4. The number of halogens is 1. The number of anilines is 2. The number of pyridine rings is 4. The summed E-state index contributed by atoms with van der Waals surface area (Å²) in [6.45, 7) is 12.7. The molecule has 0 spiro atoms. The van der Waals surface area contributed by atoms with Gasteiger partial charge in [0, 0.05) is 40.5 Å². The highest BCUT2D eigenvalue weighted by Gasteiger charge is 2.42. The first-order valence-electron chi connectivity index (χ1n) is 29.4. The molecule has 2 aliphatic rings. The van der Waals surface area contributed by atoms with Gasteiger partial charge in [0.2, 0.25) is 0 Å². The topological polar surface area (TPSA) is 270 Å². The number of nitrogens with zero attached hydrogens (tertiary/aromatic N) is 8. The van der Waals surface area contributed by atoms with Crippen molar-refractivity contribution in [3.05, 3.63) is 180 Å². The van der Waals surface area contributed by atoms with Gasteiger partial charge < -0.3 is 36.7 Å². The number of benzene rings is 4. The van der Waals surface area contributed by atoms with Gasteiger partial charge in [-0.05, 0) is 189 Å². The molecule has 2 saturated carbocycles. The number of carbonyl (C=O) groups excluding carboxylic acids is 3. The Bertz CT molecular complexity index is 4010. The third-order valence-corrected chi connectivity index (χ3v) is 15.4. The number of carboxylic acids is 1. The number of imidazole rings is 2. The maximum atomic E-state index is 12.7. The third-order valence-electron chi connectivity index (χ3n) is 15.4. The third kappa shape index (κ3) is 12.8. The summed E-state index contributed by atoms with van der Waals surface area (Å²) in [5.41, 5.74) is 21.6. The zero-order valence-electron chi connectivity index (χ0n) is 51.0. The molecule has 7 N–H and O–H groups in total. The molecule has 2 amide bonds. The van der Waals surface area contributed by atoms with E-state index >= 15 is 0 Å². The highest BCUT2D eigenvalue weighted by atomic mass is 19.1. The standard InChI is InChI=1S/C34H34N6O3.C33H32N6O4.CH3F/c1-21(41)22-8-5-9-23(20-22)27-15-16-28-31(37-27)40(30(38-28)26-10-6-19-36-29(26)35)25-13-11-24(12-14-25)34(17-7-18-34)39-32(42)43-33(2,3)4;1-32(2,3)43-31(42)38-33(16-6-17-33)22-10-12-23(13-11-22)39-28(24-9-5-18-35-27(24)34)37-26-15-14-25(36-29(26)39)20-7-4-8-21(19-20)30(40)41;1-2/h5-6,8-16,19-20H,7,17-18H2,1-4H3,(H2,35,36)(H,39,42);4-5,7-15,18-19H,6,16-17H2,1-3H3,(H2,34,35)(H,38,42)(H,40,41);1H3/i;;1D. The molecule has 88 heavy (non-hydrogen) atoms. The summed E-state index contributed by atoms with van der Waals surface area (Å²) in [6, 6.07) is 45.1. The molecule has 0 radical (unpaired) electrons.